The van der Waals surface area contributed by atoms with Gasteiger partial charge in [-0.15, -0.1) is 11.3 Å². The molecular weight excluding hydrogens is 324 g/mol. The van der Waals surface area contributed by atoms with Crippen molar-refractivity contribution in [3.63, 3.8) is 0 Å². The van der Waals surface area contributed by atoms with Crippen LogP contribution < -0.4 is 5.56 Å². The lowest BCUT2D eigenvalue weighted by Crippen LogP contribution is -2.17. The summed E-state index contributed by atoms with van der Waals surface area (Å²) in [5, 5.41) is 0.610. The lowest BCUT2D eigenvalue weighted by atomic mass is 10.1. The highest BCUT2D eigenvalue weighted by Crippen LogP contribution is 2.27. The number of hydrogen-bond donors (Lipinski definition) is 1. The highest BCUT2D eigenvalue weighted by molar-refractivity contribution is 7.18. The second-order valence-corrected chi connectivity index (χ2v) is 7.03. The monoisotopic (exact) mass is 342 g/mol. The van der Waals surface area contributed by atoms with Crippen molar-refractivity contribution in [2.75, 3.05) is 0 Å². The zero-order valence-electron chi connectivity index (χ0n) is 14.0. The van der Waals surface area contributed by atoms with Gasteiger partial charge in [0.25, 0.3) is 5.56 Å². The van der Waals surface area contributed by atoms with Crippen molar-refractivity contribution in [2.45, 2.75) is 33.8 Å². The van der Waals surface area contributed by atoms with E-state index in [2.05, 4.69) is 9.97 Å². The first-order valence-corrected chi connectivity index (χ1v) is 8.46. The summed E-state index contributed by atoms with van der Waals surface area (Å²) in [5.41, 5.74) is 2.21. The second kappa shape index (κ2) is 6.20. The molecular formula is C18H18N2O3S. The molecule has 0 saturated heterocycles. The van der Waals surface area contributed by atoms with Crippen molar-refractivity contribution in [2.24, 2.45) is 0 Å². The van der Waals surface area contributed by atoms with Gasteiger partial charge in [0.1, 0.15) is 4.83 Å². The third-order valence-electron chi connectivity index (χ3n) is 3.98. The fourth-order valence-electron chi connectivity index (χ4n) is 2.52. The van der Waals surface area contributed by atoms with Gasteiger partial charge in [0.2, 0.25) is 0 Å². The van der Waals surface area contributed by atoms with E-state index in [0.717, 1.165) is 16.0 Å². The summed E-state index contributed by atoms with van der Waals surface area (Å²) in [6.45, 7) is 7.48. The molecule has 3 rings (SSSR count). The number of aryl methyl sites for hydroxylation is 3. The van der Waals surface area contributed by atoms with Crippen LogP contribution in [0, 0.1) is 20.8 Å². The molecule has 0 fully saturated rings. The third kappa shape index (κ3) is 2.97. The van der Waals surface area contributed by atoms with Crippen LogP contribution in [-0.4, -0.2) is 15.9 Å². The summed E-state index contributed by atoms with van der Waals surface area (Å²) in [6.07, 6.45) is -0.641. The maximum absolute atomic E-state index is 12.3. The Morgan fingerprint density at radius 3 is 2.75 bits per heavy atom. The van der Waals surface area contributed by atoms with Gasteiger partial charge in [-0.05, 0) is 45.4 Å². The Morgan fingerprint density at radius 1 is 1.29 bits per heavy atom. The zero-order chi connectivity index (χ0) is 17.4. The number of H-pyrrole nitrogens is 1. The fraction of sp³-hybridized carbons (Fsp3) is 0.278. The summed E-state index contributed by atoms with van der Waals surface area (Å²) in [4.78, 5) is 33.5. The van der Waals surface area contributed by atoms with Crippen molar-refractivity contribution in [3.8, 4) is 0 Å². The van der Waals surface area contributed by atoms with Crippen LogP contribution in [0.25, 0.3) is 10.2 Å². The zero-order valence-corrected chi connectivity index (χ0v) is 14.8. The standard InChI is InChI=1S/C18H18N2O3S/c1-9-6-5-7-13(8-9)18(22)23-11(3)15-19-16(21)14-10(2)12(4)24-17(14)20-15/h5-8,11H,1-4H3,(H,19,20,21)/t11-/m0/s1. The molecule has 1 aromatic carbocycles. The smallest absolute Gasteiger partial charge is 0.338 e. The van der Waals surface area contributed by atoms with Crippen LogP contribution in [0.2, 0.25) is 0 Å². The van der Waals surface area contributed by atoms with Crippen molar-refractivity contribution in [1.29, 1.82) is 0 Å². The van der Waals surface area contributed by atoms with E-state index in [1.54, 1.807) is 25.1 Å². The van der Waals surface area contributed by atoms with E-state index >= 15 is 0 Å². The van der Waals surface area contributed by atoms with Crippen LogP contribution in [0.4, 0.5) is 0 Å². The number of carbonyl (C=O) groups is 1. The molecule has 2 heterocycles. The quantitative estimate of drug-likeness (QED) is 0.734. The van der Waals surface area contributed by atoms with E-state index < -0.39 is 12.1 Å². The van der Waals surface area contributed by atoms with E-state index in [4.69, 9.17) is 4.74 Å². The molecule has 0 unspecified atom stereocenters. The molecule has 0 spiro atoms. The molecule has 0 aliphatic heterocycles. The molecule has 3 aromatic rings. The van der Waals surface area contributed by atoms with Crippen molar-refractivity contribution >= 4 is 27.5 Å². The number of benzene rings is 1. The van der Waals surface area contributed by atoms with Gasteiger partial charge in [0.05, 0.1) is 10.9 Å². The highest BCUT2D eigenvalue weighted by atomic mass is 32.1. The average molecular weight is 342 g/mol. The molecule has 24 heavy (non-hydrogen) atoms. The summed E-state index contributed by atoms with van der Waals surface area (Å²) in [7, 11) is 0. The Labute approximate surface area is 143 Å². The van der Waals surface area contributed by atoms with Crippen LogP contribution in [0.3, 0.4) is 0 Å². The van der Waals surface area contributed by atoms with E-state index in [-0.39, 0.29) is 5.56 Å². The van der Waals surface area contributed by atoms with Gasteiger partial charge >= 0.3 is 5.97 Å². The van der Waals surface area contributed by atoms with Crippen LogP contribution in [0.15, 0.2) is 29.1 Å². The first-order chi connectivity index (χ1) is 11.4. The van der Waals surface area contributed by atoms with Crippen LogP contribution in [0.1, 0.15) is 45.2 Å². The topological polar surface area (TPSA) is 72.0 Å². The molecule has 124 valence electrons. The van der Waals surface area contributed by atoms with E-state index in [1.807, 2.05) is 26.8 Å². The molecule has 0 saturated carbocycles. The number of hydrogen-bond acceptors (Lipinski definition) is 5. The Hall–Kier alpha value is -2.47. The van der Waals surface area contributed by atoms with E-state index in [9.17, 15) is 9.59 Å². The molecule has 6 heteroatoms. The van der Waals surface area contributed by atoms with Gasteiger partial charge in [-0.2, -0.15) is 0 Å². The van der Waals surface area contributed by atoms with Gasteiger partial charge in [-0.25, -0.2) is 9.78 Å². The summed E-state index contributed by atoms with van der Waals surface area (Å²) in [6, 6.07) is 7.18. The number of carbonyl (C=O) groups excluding carboxylic acids is 1. The molecule has 0 aliphatic carbocycles. The lowest BCUT2D eigenvalue weighted by molar-refractivity contribution is 0.0320. The number of nitrogens with one attached hydrogen (secondary N) is 1. The van der Waals surface area contributed by atoms with Gasteiger partial charge in [0, 0.05) is 4.88 Å². The van der Waals surface area contributed by atoms with E-state index in [0.29, 0.717) is 21.6 Å². The van der Waals surface area contributed by atoms with Crippen molar-refractivity contribution in [1.82, 2.24) is 9.97 Å². The summed E-state index contributed by atoms with van der Waals surface area (Å²) >= 11 is 1.47. The molecule has 5 nitrogen and oxygen atoms in total. The Bertz CT molecular complexity index is 988. The molecule has 0 aliphatic rings. The molecule has 2 aromatic heterocycles. The van der Waals surface area contributed by atoms with Gasteiger partial charge in [0.15, 0.2) is 11.9 Å². The maximum atomic E-state index is 12.3. The number of esters is 1. The maximum Gasteiger partial charge on any atom is 0.338 e. The normalized spacial score (nSPS) is 12.3. The third-order valence-corrected chi connectivity index (χ3v) is 5.08. The molecule has 0 amide bonds. The summed E-state index contributed by atoms with van der Waals surface area (Å²) in [5.74, 6) is -0.0813. The number of ether oxygens (including phenoxy) is 1. The van der Waals surface area contributed by atoms with Crippen LogP contribution >= 0.6 is 11.3 Å². The predicted molar refractivity (Wildman–Crippen MR) is 94.7 cm³/mol. The number of thiophene rings is 1. The predicted octanol–water partition coefficient (Wildman–Crippen LogP) is 3.83. The number of nitrogens with zero attached hydrogens (tertiary/aromatic N) is 1. The Morgan fingerprint density at radius 2 is 2.04 bits per heavy atom. The van der Waals surface area contributed by atoms with Crippen LogP contribution in [-0.2, 0) is 4.74 Å². The average Bonchev–Trinajstić information content (AvgIpc) is 2.82. The summed E-state index contributed by atoms with van der Waals surface area (Å²) < 4.78 is 5.45. The Balaban J connectivity index is 1.90. The number of fused-ring (bicyclic) bond motifs is 1. The molecule has 1 N–H and O–H groups in total. The van der Waals surface area contributed by atoms with Gasteiger partial charge in [-0.1, -0.05) is 17.7 Å². The minimum absolute atomic E-state index is 0.199. The van der Waals surface area contributed by atoms with Crippen molar-refractivity contribution < 1.29 is 9.53 Å². The fourth-order valence-corrected chi connectivity index (χ4v) is 3.56. The van der Waals surface area contributed by atoms with Gasteiger partial charge in [-0.3, -0.25) is 4.79 Å². The molecule has 1 atom stereocenters. The number of aromatic nitrogens is 2. The van der Waals surface area contributed by atoms with E-state index in [1.165, 1.54) is 11.3 Å². The molecule has 0 bridgehead atoms. The van der Waals surface area contributed by atoms with Gasteiger partial charge < -0.3 is 9.72 Å². The highest BCUT2D eigenvalue weighted by Gasteiger charge is 2.19. The number of aromatic amines is 1. The van der Waals surface area contributed by atoms with Crippen molar-refractivity contribution in [3.05, 3.63) is 62.0 Å². The SMILES string of the molecule is Cc1cccc(C(=O)O[C@@H](C)c2nc3sc(C)c(C)c3c(=O)[nH]2)c1. The first kappa shape index (κ1) is 16.4. The van der Waals surface area contributed by atoms with Crippen LogP contribution in [0.5, 0.6) is 0 Å². The lowest BCUT2D eigenvalue weighted by Gasteiger charge is -2.12. The minimum Gasteiger partial charge on any atom is -0.451 e. The first-order valence-electron chi connectivity index (χ1n) is 7.64. The Kier molecular flexibility index (Phi) is 4.24. The molecule has 0 radical (unpaired) electrons. The second-order valence-electron chi connectivity index (χ2n) is 5.83. The minimum atomic E-state index is -0.641. The largest absolute Gasteiger partial charge is 0.451 e. The number of rotatable bonds is 3.